The first-order valence-electron chi connectivity index (χ1n) is 64.2. The van der Waals surface area contributed by atoms with Crippen LogP contribution >= 0.6 is 25.8 Å². The van der Waals surface area contributed by atoms with Crippen molar-refractivity contribution in [3.8, 4) is 17.2 Å². The van der Waals surface area contributed by atoms with Crippen LogP contribution in [0.5, 0.6) is 17.2 Å². The van der Waals surface area contributed by atoms with Crippen LogP contribution < -0.4 is 13.6 Å². The zero-order chi connectivity index (χ0) is 105. The van der Waals surface area contributed by atoms with Crippen molar-refractivity contribution in [2.24, 2.45) is 0 Å². The van der Waals surface area contributed by atoms with E-state index in [-0.39, 0.29) is 28.1 Å². The Morgan fingerprint density at radius 3 is 0.462 bits per heavy atom. The minimum absolute atomic E-state index is 0.0162. The summed E-state index contributed by atoms with van der Waals surface area (Å²) in [7, 11) is -4.99. The van der Waals surface area contributed by atoms with Crippen LogP contribution in [0.4, 0.5) is 0 Å². The number of hydrogen-bond acceptors (Lipinski definition) is 9. The Morgan fingerprint density at radius 1 is 0.186 bits per heavy atom. The Balaban J connectivity index is 2.19. The van der Waals surface area contributed by atoms with Crippen molar-refractivity contribution in [1.82, 2.24) is 0 Å². The van der Waals surface area contributed by atoms with Crippen molar-refractivity contribution in [1.29, 1.82) is 0 Å². The van der Waals surface area contributed by atoms with Gasteiger partial charge in [0.1, 0.15) is 17.2 Å². The van der Waals surface area contributed by atoms with Gasteiger partial charge in [0.2, 0.25) is 0 Å². The average molecular weight is 2080 g/mol. The van der Waals surface area contributed by atoms with E-state index in [1.807, 2.05) is 0 Å². The molecule has 0 saturated carbocycles. The molecule has 1 unspecified atom stereocenters. The summed E-state index contributed by atoms with van der Waals surface area (Å²) in [6, 6.07) is 14.7. The molecule has 0 fully saturated rings. The molecule has 3 aromatic carbocycles. The lowest BCUT2D eigenvalue weighted by molar-refractivity contribution is 0.197. The number of hydrogen-bond donors (Lipinski definition) is 0. The van der Waals surface area contributed by atoms with E-state index in [0.717, 1.165) is 62.2 Å². The van der Waals surface area contributed by atoms with Gasteiger partial charge in [0.15, 0.2) is 0 Å². The lowest BCUT2D eigenvalue weighted by Crippen LogP contribution is -2.19. The first-order chi connectivity index (χ1) is 70.5. The lowest BCUT2D eigenvalue weighted by Gasteiger charge is -2.33. The van der Waals surface area contributed by atoms with Crippen LogP contribution in [0.15, 0.2) is 36.4 Å². The van der Waals surface area contributed by atoms with Crippen molar-refractivity contribution in [2.75, 3.05) is 39.6 Å². The highest BCUT2D eigenvalue weighted by atomic mass is 31.2. The predicted molar refractivity (Wildman–Crippen MR) is 645 cm³/mol. The molecule has 848 valence electrons. The molecular weight excluding hydrogens is 1830 g/mol. The van der Waals surface area contributed by atoms with Gasteiger partial charge in [-0.1, -0.05) is 630 Å². The lowest BCUT2D eigenvalue weighted by atomic mass is 9.74. The zero-order valence-electron chi connectivity index (χ0n) is 100. The van der Waals surface area contributed by atoms with Crippen molar-refractivity contribution >= 4 is 25.8 Å². The molecule has 3 rings (SSSR count). The summed E-state index contributed by atoms with van der Waals surface area (Å²) in [6.07, 6.45) is 113. The number of benzene rings is 3. The molecule has 145 heavy (non-hydrogen) atoms. The van der Waals surface area contributed by atoms with E-state index in [1.165, 1.54) is 551 Å². The van der Waals surface area contributed by atoms with Gasteiger partial charge in [0.25, 0.3) is 0 Å². The van der Waals surface area contributed by atoms with E-state index in [0.29, 0.717) is 39.6 Å². The van der Waals surface area contributed by atoms with Crippen molar-refractivity contribution in [3.05, 3.63) is 86.5 Å². The third kappa shape index (κ3) is 74.0. The molecule has 0 N–H and O–H groups in total. The highest BCUT2D eigenvalue weighted by Gasteiger charge is 2.34. The molecule has 0 aliphatic rings. The molecule has 0 aromatic heterocycles. The van der Waals surface area contributed by atoms with Crippen molar-refractivity contribution < 1.29 is 40.7 Å². The van der Waals surface area contributed by atoms with E-state index in [1.54, 1.807) is 0 Å². The molecule has 0 amide bonds. The van der Waals surface area contributed by atoms with Gasteiger partial charge in [0, 0.05) is 22.6 Å². The smallest absolute Gasteiger partial charge is 0.397 e. The van der Waals surface area contributed by atoms with Crippen LogP contribution in [0, 0.1) is 20.8 Å². The number of rotatable bonds is 107. The summed E-state index contributed by atoms with van der Waals surface area (Å²) in [5.74, 6) is 2.78. The standard InChI is InChI=1S/C133H247O9P3/c1-20-26-32-38-44-50-56-62-68-74-80-86-92-98-104-134-143(135-105-99-93-87-81-75-69-63-57-51-45-39-33-27-21-2)140-128-111-118(8)121(114-125(128)131(11,12)13)117(7)110-124(122-115-126(132(14,15)16)129(112-119(122)9)141-144(136-106-100-94-88-82-76-70-64-58-52-46-40-34-28-22-3)137-107-101-95-89-83-77-71-65-59-53-47-41-35-29-23-4)123-116-127(133(17,18)19)130(113-120(123)10)142-145(138-108-102-96-90-84-78-72-66-60-54-48-42-36-30-24-5)139-109-103-97-91-85-79-73-67-61-55-49-43-37-31-25-6/h111-117,124H,20-110H2,1-19H3. The predicted octanol–water partition coefficient (Wildman–Crippen LogP) is 48.6. The quantitative estimate of drug-likeness (QED) is 0.0405. The third-order valence-corrected chi connectivity index (χ3v) is 34.5. The van der Waals surface area contributed by atoms with E-state index in [9.17, 15) is 0 Å². The van der Waals surface area contributed by atoms with Gasteiger partial charge in [-0.05, 0) is 139 Å². The molecule has 0 aliphatic heterocycles. The fraction of sp³-hybridized carbons (Fsp3) is 0.865. The van der Waals surface area contributed by atoms with Crippen LogP contribution in [0.2, 0.25) is 0 Å². The molecule has 0 aliphatic carbocycles. The van der Waals surface area contributed by atoms with Gasteiger partial charge in [-0.15, -0.1) is 0 Å². The Morgan fingerprint density at radius 2 is 0.317 bits per heavy atom. The largest absolute Gasteiger partial charge is 0.426 e. The summed E-state index contributed by atoms with van der Waals surface area (Å²) < 4.78 is 63.4. The van der Waals surface area contributed by atoms with Gasteiger partial charge in [-0.2, -0.15) is 0 Å². The molecule has 1 atom stereocenters. The van der Waals surface area contributed by atoms with E-state index in [2.05, 4.69) is 168 Å². The molecule has 0 bridgehead atoms. The summed E-state index contributed by atoms with van der Waals surface area (Å²) in [4.78, 5) is 0. The van der Waals surface area contributed by atoms with Gasteiger partial charge in [-0.3, -0.25) is 0 Å². The highest BCUT2D eigenvalue weighted by molar-refractivity contribution is 7.42. The average Bonchev–Trinajstić information content (AvgIpc) is 0.751. The summed E-state index contributed by atoms with van der Waals surface area (Å²) in [5, 5.41) is 0. The molecule has 3 aromatic rings. The fourth-order valence-electron chi connectivity index (χ4n) is 21.4. The van der Waals surface area contributed by atoms with Gasteiger partial charge >= 0.3 is 25.8 Å². The first-order valence-corrected chi connectivity index (χ1v) is 67.5. The number of aryl methyl sites for hydroxylation is 3. The van der Waals surface area contributed by atoms with Gasteiger partial charge in [-0.25, -0.2) is 0 Å². The second-order valence-corrected chi connectivity index (χ2v) is 52.0. The van der Waals surface area contributed by atoms with Crippen LogP contribution in [0.1, 0.15) is 718 Å². The highest BCUT2D eigenvalue weighted by Crippen LogP contribution is 2.53. The minimum atomic E-state index is -1.67. The second-order valence-electron chi connectivity index (χ2n) is 48.6. The van der Waals surface area contributed by atoms with E-state index in [4.69, 9.17) is 40.7 Å². The van der Waals surface area contributed by atoms with Crippen LogP contribution in [-0.2, 0) is 43.4 Å². The van der Waals surface area contributed by atoms with Crippen LogP contribution in [0.3, 0.4) is 0 Å². The summed E-state index contributed by atoms with van der Waals surface area (Å²) in [5.41, 5.74) is 10.5. The Hall–Kier alpha value is -1.89. The van der Waals surface area contributed by atoms with Gasteiger partial charge in [0.05, 0.1) is 39.6 Å². The zero-order valence-corrected chi connectivity index (χ0v) is 103. The number of unbranched alkanes of at least 4 members (excludes halogenated alkanes) is 78. The van der Waals surface area contributed by atoms with Gasteiger partial charge < -0.3 is 40.7 Å². The van der Waals surface area contributed by atoms with Crippen LogP contribution in [0.25, 0.3) is 0 Å². The molecular formula is C133H247O9P3. The van der Waals surface area contributed by atoms with E-state index >= 15 is 0 Å². The molecule has 9 nitrogen and oxygen atoms in total. The topological polar surface area (TPSA) is 83.1 Å². The minimum Gasteiger partial charge on any atom is -0.426 e. The maximum atomic E-state index is 7.37. The maximum absolute atomic E-state index is 7.37. The molecule has 0 heterocycles. The molecule has 0 radical (unpaired) electrons. The monoisotopic (exact) mass is 2080 g/mol. The molecule has 12 heteroatoms. The summed E-state index contributed by atoms with van der Waals surface area (Å²) >= 11 is 0. The third-order valence-electron chi connectivity index (χ3n) is 31.1. The molecule has 0 saturated heterocycles. The Bertz CT molecular complexity index is 3090. The SMILES string of the molecule is CCCCCCCCCCCCCCCCOP(OCCCCCCCCCCCCCCCC)Oc1cc(C)c(C(C)CC(c2cc(C(C)(C)C)c(OP(OCCCCCCCCCCCCCCCC)OCCCCCCCCCCCCCCCC)cc2C)c2cc(C(C)(C)C)c(OP(OCCCCCCCCCCCCCCCC)OCCCCCCCCCCCCCCCC)cc2C)cc1C(C)(C)C. The van der Waals surface area contributed by atoms with Crippen molar-refractivity contribution in [3.63, 3.8) is 0 Å². The second kappa shape index (κ2) is 94.4. The van der Waals surface area contributed by atoms with Crippen LogP contribution in [-0.4, -0.2) is 39.6 Å². The normalized spacial score (nSPS) is 12.5. The van der Waals surface area contributed by atoms with E-state index < -0.39 is 25.8 Å². The summed E-state index contributed by atoms with van der Waals surface area (Å²) in [6.45, 7) is 48.7. The first kappa shape index (κ1) is 137. The maximum Gasteiger partial charge on any atom is 0.397 e. The Kier molecular flexibility index (Phi) is 89.4. The Labute approximate surface area is 909 Å². The molecule has 0 spiro atoms. The van der Waals surface area contributed by atoms with Crippen molar-refractivity contribution in [2.45, 2.75) is 705 Å². The fourth-order valence-corrected chi connectivity index (χ4v) is 24.5.